The molecule has 0 bridgehead atoms. The first-order chi connectivity index (χ1) is 16.0. The molecular formula is C22H23ClN8O2. The molecule has 0 spiro atoms. The fraction of sp³-hybridized carbons (Fsp3) is 0.364. The van der Waals surface area contributed by atoms with Gasteiger partial charge in [-0.25, -0.2) is 15.0 Å². The molecule has 3 heterocycles. The highest BCUT2D eigenvalue weighted by Gasteiger charge is 2.32. The van der Waals surface area contributed by atoms with Crippen LogP contribution in [-0.2, 0) is 6.42 Å². The molecule has 0 amide bonds. The van der Waals surface area contributed by atoms with E-state index in [1.165, 1.54) is 6.33 Å². The fourth-order valence-corrected chi connectivity index (χ4v) is 4.13. The van der Waals surface area contributed by atoms with Gasteiger partial charge in [-0.15, -0.1) is 0 Å². The molecule has 11 heteroatoms. The summed E-state index contributed by atoms with van der Waals surface area (Å²) >= 11 is 6.35. The average Bonchev–Trinajstić information content (AvgIpc) is 3.53. The second-order valence-electron chi connectivity index (χ2n) is 7.97. The Morgan fingerprint density at radius 1 is 1.27 bits per heavy atom. The van der Waals surface area contributed by atoms with Crippen molar-refractivity contribution in [2.45, 2.75) is 51.6 Å². The smallest absolute Gasteiger partial charge is 0.265 e. The van der Waals surface area contributed by atoms with Crippen molar-refractivity contribution in [1.29, 1.82) is 0 Å². The topological polar surface area (TPSA) is 138 Å². The van der Waals surface area contributed by atoms with Crippen molar-refractivity contribution < 1.29 is 4.52 Å². The second kappa shape index (κ2) is 8.43. The number of nitrogens with zero attached hydrogens (tertiary/aromatic N) is 6. The number of nitrogens with one attached hydrogen (secondary N) is 1. The summed E-state index contributed by atoms with van der Waals surface area (Å²) in [5.74, 6) is 2.07. The third kappa shape index (κ3) is 3.80. The van der Waals surface area contributed by atoms with Crippen LogP contribution < -0.4 is 16.6 Å². The number of benzene rings is 1. The van der Waals surface area contributed by atoms with Crippen molar-refractivity contribution in [3.05, 3.63) is 51.6 Å². The van der Waals surface area contributed by atoms with Gasteiger partial charge in [-0.3, -0.25) is 9.36 Å². The Balaban J connectivity index is 1.63. The Kier molecular flexibility index (Phi) is 5.45. The van der Waals surface area contributed by atoms with E-state index >= 15 is 0 Å². The van der Waals surface area contributed by atoms with Crippen LogP contribution in [0.1, 0.15) is 56.8 Å². The van der Waals surface area contributed by atoms with E-state index in [-0.39, 0.29) is 29.4 Å². The van der Waals surface area contributed by atoms with Gasteiger partial charge in [0.1, 0.15) is 29.4 Å². The third-order valence-corrected chi connectivity index (χ3v) is 6.04. The zero-order chi connectivity index (χ0) is 23.1. The summed E-state index contributed by atoms with van der Waals surface area (Å²) in [5.41, 5.74) is 7.01. The lowest BCUT2D eigenvalue weighted by Gasteiger charge is -2.23. The van der Waals surface area contributed by atoms with E-state index in [0.717, 1.165) is 12.8 Å². The Morgan fingerprint density at radius 2 is 2.09 bits per heavy atom. The molecule has 3 aromatic heterocycles. The van der Waals surface area contributed by atoms with Crippen LogP contribution in [0.15, 0.2) is 33.8 Å². The van der Waals surface area contributed by atoms with Gasteiger partial charge in [0, 0.05) is 12.5 Å². The zero-order valence-electron chi connectivity index (χ0n) is 18.2. The van der Waals surface area contributed by atoms with Gasteiger partial charge in [-0.2, -0.15) is 4.98 Å². The lowest BCUT2D eigenvalue weighted by Crippen LogP contribution is -2.29. The Morgan fingerprint density at radius 3 is 2.79 bits per heavy atom. The number of fused-ring (bicyclic) bond motifs is 1. The molecular weight excluding hydrogens is 444 g/mol. The van der Waals surface area contributed by atoms with Crippen LogP contribution in [0, 0.1) is 0 Å². The quantitative estimate of drug-likeness (QED) is 0.414. The van der Waals surface area contributed by atoms with E-state index in [9.17, 15) is 4.79 Å². The Bertz CT molecular complexity index is 1400. The second-order valence-corrected chi connectivity index (χ2v) is 8.37. The number of anilines is 2. The molecule has 3 N–H and O–H groups in total. The Hall–Kier alpha value is -3.53. The van der Waals surface area contributed by atoms with Crippen LogP contribution >= 0.6 is 11.6 Å². The molecule has 0 radical (unpaired) electrons. The number of halogens is 1. The molecule has 1 fully saturated rings. The molecule has 5 rings (SSSR count). The van der Waals surface area contributed by atoms with Crippen LogP contribution in [0.3, 0.4) is 0 Å². The molecule has 33 heavy (non-hydrogen) atoms. The van der Waals surface area contributed by atoms with Gasteiger partial charge in [0.15, 0.2) is 5.82 Å². The summed E-state index contributed by atoms with van der Waals surface area (Å²) in [6.45, 7) is 3.94. The molecule has 10 nitrogen and oxygen atoms in total. The monoisotopic (exact) mass is 466 g/mol. The molecule has 0 saturated heterocycles. The summed E-state index contributed by atoms with van der Waals surface area (Å²) in [5, 5.41) is 8.19. The van der Waals surface area contributed by atoms with E-state index in [4.69, 9.17) is 26.8 Å². The molecule has 0 unspecified atom stereocenters. The van der Waals surface area contributed by atoms with Crippen LogP contribution in [0.5, 0.6) is 0 Å². The molecule has 1 saturated carbocycles. The number of hydrogen-bond donors (Lipinski definition) is 2. The van der Waals surface area contributed by atoms with E-state index in [2.05, 4.69) is 25.4 Å². The molecule has 1 atom stereocenters. The summed E-state index contributed by atoms with van der Waals surface area (Å²) in [7, 11) is 0. The molecule has 4 aromatic rings. The predicted molar refractivity (Wildman–Crippen MR) is 125 cm³/mol. The highest BCUT2D eigenvalue weighted by atomic mass is 35.5. The largest absolute Gasteiger partial charge is 0.383 e. The number of rotatable bonds is 7. The zero-order valence-corrected chi connectivity index (χ0v) is 19.0. The standard InChI is InChI=1S/C22H23ClN8O2/c1-3-13(27-19-17(18(24)25-10-26-19)21-29-15(4-2)30-33-21)20-28-14-7-5-6-12(23)16(14)22(32)31(20)11-8-9-11/h5-7,10-11,13H,3-4,8-9H2,1-2H3,(H3,24,25,26,27)/t13-/m0/s1. The highest BCUT2D eigenvalue weighted by molar-refractivity contribution is 6.35. The van der Waals surface area contributed by atoms with E-state index in [0.29, 0.717) is 51.8 Å². The van der Waals surface area contributed by atoms with Crippen molar-refractivity contribution >= 4 is 34.1 Å². The molecule has 0 aliphatic heterocycles. The minimum absolute atomic E-state index is 0.106. The van der Waals surface area contributed by atoms with Gasteiger partial charge in [-0.05, 0) is 31.4 Å². The van der Waals surface area contributed by atoms with E-state index in [1.807, 2.05) is 13.8 Å². The van der Waals surface area contributed by atoms with Crippen LogP contribution in [0.2, 0.25) is 5.02 Å². The van der Waals surface area contributed by atoms with Crippen LogP contribution in [-0.4, -0.2) is 29.7 Å². The van der Waals surface area contributed by atoms with E-state index < -0.39 is 0 Å². The number of nitrogens with two attached hydrogens (primary N) is 1. The minimum atomic E-state index is -0.330. The van der Waals surface area contributed by atoms with Gasteiger partial charge in [-0.1, -0.05) is 36.7 Å². The van der Waals surface area contributed by atoms with Crippen LogP contribution in [0.25, 0.3) is 22.4 Å². The fourth-order valence-electron chi connectivity index (χ4n) is 3.88. The van der Waals surface area contributed by atoms with Gasteiger partial charge < -0.3 is 15.6 Å². The summed E-state index contributed by atoms with van der Waals surface area (Å²) < 4.78 is 7.16. The first-order valence-corrected chi connectivity index (χ1v) is 11.3. The van der Waals surface area contributed by atoms with Gasteiger partial charge >= 0.3 is 0 Å². The molecule has 1 aromatic carbocycles. The summed E-state index contributed by atoms with van der Waals surface area (Å²) in [6, 6.07) is 5.08. The average molecular weight is 467 g/mol. The number of aryl methyl sites for hydroxylation is 1. The maximum absolute atomic E-state index is 13.4. The van der Waals surface area contributed by atoms with Crippen molar-refractivity contribution in [1.82, 2.24) is 29.7 Å². The SMILES string of the molecule is CCc1noc(-c2c(N)ncnc2N[C@@H](CC)c2nc3cccc(Cl)c3c(=O)n2C2CC2)n1. The van der Waals surface area contributed by atoms with Crippen molar-refractivity contribution in [3.8, 4) is 11.5 Å². The van der Waals surface area contributed by atoms with Crippen LogP contribution in [0.4, 0.5) is 11.6 Å². The number of hydrogen-bond acceptors (Lipinski definition) is 9. The molecule has 170 valence electrons. The maximum Gasteiger partial charge on any atom is 0.265 e. The van der Waals surface area contributed by atoms with Crippen molar-refractivity contribution in [2.75, 3.05) is 11.1 Å². The third-order valence-electron chi connectivity index (χ3n) is 5.72. The summed E-state index contributed by atoms with van der Waals surface area (Å²) in [6.07, 6.45) is 4.47. The van der Waals surface area contributed by atoms with Gasteiger partial charge in [0.2, 0.25) is 0 Å². The number of aromatic nitrogens is 6. The summed E-state index contributed by atoms with van der Waals surface area (Å²) in [4.78, 5) is 31.2. The van der Waals surface area contributed by atoms with Crippen molar-refractivity contribution in [3.63, 3.8) is 0 Å². The molecule has 1 aliphatic carbocycles. The number of nitrogen functional groups attached to an aromatic ring is 1. The first-order valence-electron chi connectivity index (χ1n) is 10.9. The van der Waals surface area contributed by atoms with Crippen molar-refractivity contribution in [2.24, 2.45) is 0 Å². The van der Waals surface area contributed by atoms with Gasteiger partial charge in [0.05, 0.1) is 22.0 Å². The normalized spacial score (nSPS) is 14.5. The lowest BCUT2D eigenvalue weighted by molar-refractivity contribution is 0.423. The van der Waals surface area contributed by atoms with Gasteiger partial charge in [0.25, 0.3) is 11.4 Å². The minimum Gasteiger partial charge on any atom is -0.383 e. The highest BCUT2D eigenvalue weighted by Crippen LogP contribution is 2.38. The predicted octanol–water partition coefficient (Wildman–Crippen LogP) is 3.93. The first kappa shape index (κ1) is 21.3. The molecule has 1 aliphatic rings. The Labute approximate surface area is 194 Å². The lowest BCUT2D eigenvalue weighted by atomic mass is 10.1. The van der Waals surface area contributed by atoms with E-state index in [1.54, 1.807) is 22.8 Å². The maximum atomic E-state index is 13.4.